The van der Waals surface area contributed by atoms with Crippen molar-refractivity contribution in [3.63, 3.8) is 0 Å². The highest BCUT2D eigenvalue weighted by atomic mass is 32.1. The standard InChI is InChI=1S/C18H14FN3O2S/c19-12-5-7-13(8-6-12)22-10-11(9-16(22)23)17(24)21-18-20-14-3-1-2-4-15(14)25-18/h1-8,11H,9-10H2,(H,20,21,24)/t11-/m1/s1. The molecule has 1 saturated heterocycles. The Hall–Kier alpha value is -2.80. The van der Waals surface area contributed by atoms with E-state index >= 15 is 0 Å². The summed E-state index contributed by atoms with van der Waals surface area (Å²) in [5.74, 6) is -1.18. The third-order valence-electron chi connectivity index (χ3n) is 4.16. The van der Waals surface area contributed by atoms with E-state index in [0.717, 1.165) is 10.2 Å². The number of amides is 2. The van der Waals surface area contributed by atoms with Crippen molar-refractivity contribution in [1.29, 1.82) is 0 Å². The van der Waals surface area contributed by atoms with Gasteiger partial charge in [-0.25, -0.2) is 9.37 Å². The zero-order valence-corrected chi connectivity index (χ0v) is 13.9. The summed E-state index contributed by atoms with van der Waals surface area (Å²) in [6.07, 6.45) is 0.133. The predicted octanol–water partition coefficient (Wildman–Crippen LogP) is 3.43. The number of carbonyl (C=O) groups excluding carboxylic acids is 2. The maximum atomic E-state index is 13.0. The van der Waals surface area contributed by atoms with Crippen LogP contribution in [-0.4, -0.2) is 23.3 Å². The number of hydrogen-bond acceptors (Lipinski definition) is 4. The summed E-state index contributed by atoms with van der Waals surface area (Å²) in [6, 6.07) is 13.3. The van der Waals surface area contributed by atoms with Gasteiger partial charge in [-0.15, -0.1) is 0 Å². The normalized spacial score (nSPS) is 17.2. The summed E-state index contributed by atoms with van der Waals surface area (Å²) < 4.78 is 14.0. The number of anilines is 2. The number of nitrogens with one attached hydrogen (secondary N) is 1. The number of halogens is 1. The first-order chi connectivity index (χ1) is 12.1. The molecule has 1 N–H and O–H groups in total. The largest absolute Gasteiger partial charge is 0.312 e. The molecule has 126 valence electrons. The molecule has 2 aromatic carbocycles. The van der Waals surface area contributed by atoms with E-state index in [9.17, 15) is 14.0 Å². The van der Waals surface area contributed by atoms with Crippen LogP contribution in [0.2, 0.25) is 0 Å². The van der Waals surface area contributed by atoms with E-state index in [-0.39, 0.29) is 30.6 Å². The van der Waals surface area contributed by atoms with Crippen molar-refractivity contribution < 1.29 is 14.0 Å². The van der Waals surface area contributed by atoms with E-state index in [1.165, 1.54) is 28.4 Å². The Morgan fingerprint density at radius 1 is 1.20 bits per heavy atom. The quantitative estimate of drug-likeness (QED) is 0.783. The Morgan fingerprint density at radius 3 is 2.72 bits per heavy atom. The number of aromatic nitrogens is 1. The third kappa shape index (κ3) is 3.10. The second-order valence-corrected chi connectivity index (χ2v) is 6.89. The van der Waals surface area contributed by atoms with Gasteiger partial charge in [0.25, 0.3) is 0 Å². The van der Waals surface area contributed by atoms with Crippen LogP contribution in [0.3, 0.4) is 0 Å². The molecule has 5 nitrogen and oxygen atoms in total. The van der Waals surface area contributed by atoms with E-state index < -0.39 is 5.92 Å². The lowest BCUT2D eigenvalue weighted by molar-refractivity contribution is -0.122. The van der Waals surface area contributed by atoms with Crippen molar-refractivity contribution in [2.75, 3.05) is 16.8 Å². The highest BCUT2D eigenvalue weighted by Crippen LogP contribution is 2.29. The third-order valence-corrected chi connectivity index (χ3v) is 5.11. The first-order valence-corrected chi connectivity index (χ1v) is 8.64. The summed E-state index contributed by atoms with van der Waals surface area (Å²) in [4.78, 5) is 30.6. The lowest BCUT2D eigenvalue weighted by Gasteiger charge is -2.16. The molecule has 7 heteroatoms. The number of rotatable bonds is 3. The number of benzene rings is 2. The molecule has 0 bridgehead atoms. The molecule has 0 spiro atoms. The molecule has 4 rings (SSSR count). The molecule has 0 saturated carbocycles. The van der Waals surface area contributed by atoms with Gasteiger partial charge < -0.3 is 10.2 Å². The molecule has 25 heavy (non-hydrogen) atoms. The van der Waals surface area contributed by atoms with Gasteiger partial charge in [-0.3, -0.25) is 9.59 Å². The fraction of sp³-hybridized carbons (Fsp3) is 0.167. The van der Waals surface area contributed by atoms with Crippen molar-refractivity contribution in [1.82, 2.24) is 4.98 Å². The van der Waals surface area contributed by atoms with Gasteiger partial charge in [0, 0.05) is 18.7 Å². The lowest BCUT2D eigenvalue weighted by Crippen LogP contribution is -2.28. The molecule has 1 aromatic heterocycles. The van der Waals surface area contributed by atoms with Crippen molar-refractivity contribution >= 4 is 44.2 Å². The van der Waals surface area contributed by atoms with Crippen LogP contribution in [0.4, 0.5) is 15.2 Å². The first kappa shape index (κ1) is 15.7. The zero-order chi connectivity index (χ0) is 17.4. The van der Waals surface area contributed by atoms with Crippen LogP contribution in [0.25, 0.3) is 10.2 Å². The molecule has 0 aliphatic carbocycles. The van der Waals surface area contributed by atoms with Crippen LogP contribution < -0.4 is 10.2 Å². The minimum atomic E-state index is -0.454. The van der Waals surface area contributed by atoms with Gasteiger partial charge in [0.1, 0.15) is 5.82 Å². The molecule has 1 aliphatic heterocycles. The average Bonchev–Trinajstić information content (AvgIpc) is 3.18. The zero-order valence-electron chi connectivity index (χ0n) is 13.1. The van der Waals surface area contributed by atoms with Crippen molar-refractivity contribution in [3.8, 4) is 0 Å². The van der Waals surface area contributed by atoms with Crippen LogP contribution >= 0.6 is 11.3 Å². The second kappa shape index (κ2) is 6.25. The minimum Gasteiger partial charge on any atom is -0.312 e. The number of hydrogen-bond donors (Lipinski definition) is 1. The van der Waals surface area contributed by atoms with Crippen molar-refractivity contribution in [3.05, 3.63) is 54.3 Å². The Balaban J connectivity index is 1.47. The molecule has 1 atom stereocenters. The molecule has 0 unspecified atom stereocenters. The maximum absolute atomic E-state index is 13.0. The van der Waals surface area contributed by atoms with Crippen LogP contribution in [0.5, 0.6) is 0 Å². The second-order valence-electron chi connectivity index (χ2n) is 5.86. The van der Waals surface area contributed by atoms with Crippen LogP contribution in [0, 0.1) is 11.7 Å². The Morgan fingerprint density at radius 2 is 1.96 bits per heavy atom. The number of nitrogens with zero attached hydrogens (tertiary/aromatic N) is 2. The molecule has 1 fully saturated rings. The number of thiazole rings is 1. The van der Waals surface area contributed by atoms with E-state index in [0.29, 0.717) is 10.8 Å². The van der Waals surface area contributed by atoms with Crippen molar-refractivity contribution in [2.45, 2.75) is 6.42 Å². The van der Waals surface area contributed by atoms with Crippen LogP contribution in [0.1, 0.15) is 6.42 Å². The van der Waals surface area contributed by atoms with Crippen LogP contribution in [0.15, 0.2) is 48.5 Å². The van der Waals surface area contributed by atoms with E-state index in [4.69, 9.17) is 0 Å². The monoisotopic (exact) mass is 355 g/mol. The molecule has 1 aliphatic rings. The Labute approximate surface area is 147 Å². The fourth-order valence-corrected chi connectivity index (χ4v) is 3.76. The number of carbonyl (C=O) groups is 2. The molecule has 2 heterocycles. The molecule has 0 radical (unpaired) electrons. The van der Waals surface area contributed by atoms with Gasteiger partial charge in [0.2, 0.25) is 11.8 Å². The van der Waals surface area contributed by atoms with Gasteiger partial charge in [-0.2, -0.15) is 0 Å². The van der Waals surface area contributed by atoms with E-state index in [1.54, 1.807) is 12.1 Å². The topological polar surface area (TPSA) is 62.3 Å². The summed E-state index contributed by atoms with van der Waals surface area (Å²) in [7, 11) is 0. The Bertz CT molecular complexity index is 921. The molecule has 2 amide bonds. The number of para-hydroxylation sites is 1. The highest BCUT2D eigenvalue weighted by Gasteiger charge is 2.35. The number of fused-ring (bicyclic) bond motifs is 1. The predicted molar refractivity (Wildman–Crippen MR) is 95.1 cm³/mol. The van der Waals surface area contributed by atoms with Gasteiger partial charge in [0.05, 0.1) is 16.1 Å². The van der Waals surface area contributed by atoms with Gasteiger partial charge in [0.15, 0.2) is 5.13 Å². The van der Waals surface area contributed by atoms with Gasteiger partial charge in [-0.1, -0.05) is 23.5 Å². The lowest BCUT2D eigenvalue weighted by atomic mass is 10.1. The molecular weight excluding hydrogens is 341 g/mol. The maximum Gasteiger partial charge on any atom is 0.231 e. The average molecular weight is 355 g/mol. The summed E-state index contributed by atoms with van der Waals surface area (Å²) >= 11 is 1.40. The molecular formula is C18H14FN3O2S. The van der Waals surface area contributed by atoms with Crippen molar-refractivity contribution in [2.24, 2.45) is 5.92 Å². The van der Waals surface area contributed by atoms with E-state index in [2.05, 4.69) is 10.3 Å². The fourth-order valence-electron chi connectivity index (χ4n) is 2.89. The van der Waals surface area contributed by atoms with E-state index in [1.807, 2.05) is 24.3 Å². The van der Waals surface area contributed by atoms with Gasteiger partial charge >= 0.3 is 0 Å². The van der Waals surface area contributed by atoms with Crippen LogP contribution in [-0.2, 0) is 9.59 Å². The van der Waals surface area contributed by atoms with Gasteiger partial charge in [-0.05, 0) is 36.4 Å². The Kier molecular flexibility index (Phi) is 3.93. The SMILES string of the molecule is O=C(Nc1nc2ccccc2s1)[C@@H]1CC(=O)N(c2ccc(F)cc2)C1. The highest BCUT2D eigenvalue weighted by molar-refractivity contribution is 7.22. The minimum absolute atomic E-state index is 0.133. The molecule has 3 aromatic rings. The summed E-state index contributed by atoms with van der Waals surface area (Å²) in [6.45, 7) is 0.279. The smallest absolute Gasteiger partial charge is 0.231 e. The first-order valence-electron chi connectivity index (χ1n) is 7.82. The summed E-state index contributed by atoms with van der Waals surface area (Å²) in [5, 5.41) is 3.33. The summed E-state index contributed by atoms with van der Waals surface area (Å²) in [5.41, 5.74) is 1.43.